The largest absolute Gasteiger partial charge is 0.507 e. The number of hydrogen-bond acceptors (Lipinski definition) is 6. The Balaban J connectivity index is 2.31. The lowest BCUT2D eigenvalue weighted by atomic mass is 10.1. The first-order valence-electron chi connectivity index (χ1n) is 7.43. The average molecular weight is 344 g/mol. The summed E-state index contributed by atoms with van der Waals surface area (Å²) in [6.07, 6.45) is 1.14. The van der Waals surface area contributed by atoms with Gasteiger partial charge in [0.1, 0.15) is 5.76 Å². The van der Waals surface area contributed by atoms with E-state index in [1.54, 1.807) is 36.4 Å². The molecule has 2 rings (SSSR count). The Kier molecular flexibility index (Phi) is 5.89. The lowest BCUT2D eigenvalue weighted by Crippen LogP contribution is -1.99. The van der Waals surface area contributed by atoms with Gasteiger partial charge >= 0.3 is 0 Å². The van der Waals surface area contributed by atoms with Crippen LogP contribution in [0.5, 0.6) is 23.0 Å². The fourth-order valence-corrected chi connectivity index (χ4v) is 2.28. The first kappa shape index (κ1) is 18.2. The van der Waals surface area contributed by atoms with Gasteiger partial charge in [-0.1, -0.05) is 0 Å². The zero-order valence-electron chi connectivity index (χ0n) is 14.5. The molecule has 0 aliphatic carbocycles. The Bertz CT molecular complexity index is 794. The van der Waals surface area contributed by atoms with Crippen LogP contribution in [0.15, 0.2) is 42.5 Å². The Morgan fingerprint density at radius 1 is 0.760 bits per heavy atom. The molecule has 0 aromatic heterocycles. The standard InChI is InChI=1S/C19H20O6/c1-22-16-7-5-12(9-18(16)24-3)14(20)11-15(21)13-6-8-17(23-2)19(10-13)25-4/h5-11,20H,1-4H3/b14-11-. The predicted molar refractivity (Wildman–Crippen MR) is 94.0 cm³/mol. The van der Waals surface area contributed by atoms with Crippen LogP contribution in [0, 0.1) is 0 Å². The molecule has 0 fully saturated rings. The van der Waals surface area contributed by atoms with Crippen molar-refractivity contribution in [2.75, 3.05) is 28.4 Å². The smallest absolute Gasteiger partial charge is 0.189 e. The van der Waals surface area contributed by atoms with Crippen molar-refractivity contribution < 1.29 is 28.8 Å². The number of ether oxygens (including phenoxy) is 4. The number of ketones is 1. The van der Waals surface area contributed by atoms with Crippen molar-refractivity contribution in [2.24, 2.45) is 0 Å². The van der Waals surface area contributed by atoms with Crippen molar-refractivity contribution >= 4 is 11.5 Å². The molecule has 6 heteroatoms. The molecule has 0 heterocycles. The normalized spacial score (nSPS) is 11.0. The number of aliphatic hydroxyl groups excluding tert-OH is 1. The molecule has 0 bridgehead atoms. The maximum absolute atomic E-state index is 12.4. The molecule has 1 N–H and O–H groups in total. The van der Waals surface area contributed by atoms with Crippen LogP contribution < -0.4 is 18.9 Å². The summed E-state index contributed by atoms with van der Waals surface area (Å²) >= 11 is 0. The zero-order valence-corrected chi connectivity index (χ0v) is 14.5. The minimum absolute atomic E-state index is 0.180. The van der Waals surface area contributed by atoms with E-state index in [0.717, 1.165) is 6.08 Å². The molecular formula is C19H20O6. The van der Waals surface area contributed by atoms with Crippen LogP contribution in [-0.4, -0.2) is 39.3 Å². The van der Waals surface area contributed by atoms with E-state index < -0.39 is 0 Å². The zero-order chi connectivity index (χ0) is 18.4. The fourth-order valence-electron chi connectivity index (χ4n) is 2.28. The molecule has 2 aromatic rings. The number of rotatable bonds is 7. The second-order valence-electron chi connectivity index (χ2n) is 5.03. The maximum Gasteiger partial charge on any atom is 0.189 e. The van der Waals surface area contributed by atoms with Gasteiger partial charge in [-0.3, -0.25) is 4.79 Å². The first-order valence-corrected chi connectivity index (χ1v) is 7.43. The fraction of sp³-hybridized carbons (Fsp3) is 0.211. The maximum atomic E-state index is 12.4. The highest BCUT2D eigenvalue weighted by molar-refractivity contribution is 6.08. The van der Waals surface area contributed by atoms with Crippen LogP contribution in [0.1, 0.15) is 15.9 Å². The van der Waals surface area contributed by atoms with Crippen molar-refractivity contribution in [3.63, 3.8) is 0 Å². The summed E-state index contributed by atoms with van der Waals surface area (Å²) in [5.74, 6) is 1.40. The minimum atomic E-state index is -0.367. The van der Waals surface area contributed by atoms with E-state index in [0.29, 0.717) is 34.1 Å². The van der Waals surface area contributed by atoms with Crippen LogP contribution in [-0.2, 0) is 0 Å². The molecule has 0 unspecified atom stereocenters. The third-order valence-electron chi connectivity index (χ3n) is 3.62. The number of methoxy groups -OCH3 is 4. The third kappa shape index (κ3) is 4.03. The first-order chi connectivity index (χ1) is 12.0. The molecule has 2 aromatic carbocycles. The van der Waals surface area contributed by atoms with Gasteiger partial charge in [0.2, 0.25) is 0 Å². The summed E-state index contributed by atoms with van der Waals surface area (Å²) < 4.78 is 20.7. The molecule has 0 spiro atoms. The third-order valence-corrected chi connectivity index (χ3v) is 3.62. The van der Waals surface area contributed by atoms with Gasteiger partial charge in [-0.25, -0.2) is 0 Å². The second kappa shape index (κ2) is 8.10. The molecular weight excluding hydrogens is 324 g/mol. The van der Waals surface area contributed by atoms with Crippen LogP contribution in [0.4, 0.5) is 0 Å². The molecule has 0 amide bonds. The van der Waals surface area contributed by atoms with Gasteiger partial charge in [-0.15, -0.1) is 0 Å². The Morgan fingerprint density at radius 3 is 1.68 bits per heavy atom. The van der Waals surface area contributed by atoms with Gasteiger partial charge in [0.25, 0.3) is 0 Å². The molecule has 0 radical (unpaired) electrons. The predicted octanol–water partition coefficient (Wildman–Crippen LogP) is 3.50. The Hall–Kier alpha value is -3.15. The van der Waals surface area contributed by atoms with Gasteiger partial charge in [0, 0.05) is 17.2 Å². The van der Waals surface area contributed by atoms with Crippen LogP contribution in [0.2, 0.25) is 0 Å². The summed E-state index contributed by atoms with van der Waals surface area (Å²) in [6, 6.07) is 9.66. The van der Waals surface area contributed by atoms with E-state index in [9.17, 15) is 9.90 Å². The lowest BCUT2D eigenvalue weighted by molar-refractivity contribution is 0.104. The van der Waals surface area contributed by atoms with Crippen molar-refractivity contribution in [1.29, 1.82) is 0 Å². The van der Waals surface area contributed by atoms with Gasteiger partial charge in [0.15, 0.2) is 28.8 Å². The second-order valence-corrected chi connectivity index (χ2v) is 5.03. The molecule has 6 nitrogen and oxygen atoms in total. The molecule has 0 aliphatic rings. The van der Waals surface area contributed by atoms with E-state index in [4.69, 9.17) is 18.9 Å². The quantitative estimate of drug-likeness (QED) is 0.471. The highest BCUT2D eigenvalue weighted by Crippen LogP contribution is 2.30. The Morgan fingerprint density at radius 2 is 1.20 bits per heavy atom. The number of benzene rings is 2. The van der Waals surface area contributed by atoms with Gasteiger partial charge in [-0.05, 0) is 36.4 Å². The summed E-state index contributed by atoms with van der Waals surface area (Å²) in [5, 5.41) is 10.3. The van der Waals surface area contributed by atoms with E-state index in [-0.39, 0.29) is 11.5 Å². The molecule has 0 saturated carbocycles. The number of hydrogen-bond donors (Lipinski definition) is 1. The monoisotopic (exact) mass is 344 g/mol. The van der Waals surface area contributed by atoms with Crippen LogP contribution >= 0.6 is 0 Å². The van der Waals surface area contributed by atoms with Crippen molar-refractivity contribution in [3.8, 4) is 23.0 Å². The summed E-state index contributed by atoms with van der Waals surface area (Å²) in [5.41, 5.74) is 0.802. The number of carbonyl (C=O) groups is 1. The van der Waals surface area contributed by atoms with Crippen LogP contribution in [0.3, 0.4) is 0 Å². The SMILES string of the molecule is COc1ccc(C(=O)/C=C(\O)c2ccc(OC)c(OC)c2)cc1OC. The molecule has 0 aliphatic heterocycles. The summed E-state index contributed by atoms with van der Waals surface area (Å²) in [7, 11) is 6.02. The van der Waals surface area contributed by atoms with Crippen molar-refractivity contribution in [2.45, 2.75) is 0 Å². The summed E-state index contributed by atoms with van der Waals surface area (Å²) in [4.78, 5) is 12.4. The number of carbonyl (C=O) groups excluding carboxylic acids is 1. The summed E-state index contributed by atoms with van der Waals surface area (Å²) in [6.45, 7) is 0. The van der Waals surface area contributed by atoms with Gasteiger partial charge in [-0.2, -0.15) is 0 Å². The van der Waals surface area contributed by atoms with Crippen LogP contribution in [0.25, 0.3) is 5.76 Å². The van der Waals surface area contributed by atoms with E-state index in [1.165, 1.54) is 28.4 Å². The molecule has 132 valence electrons. The molecule has 25 heavy (non-hydrogen) atoms. The highest BCUT2D eigenvalue weighted by atomic mass is 16.5. The number of aliphatic hydroxyl groups is 1. The van der Waals surface area contributed by atoms with Crippen molar-refractivity contribution in [3.05, 3.63) is 53.6 Å². The number of allylic oxidation sites excluding steroid dienone is 1. The highest BCUT2D eigenvalue weighted by Gasteiger charge is 2.12. The average Bonchev–Trinajstić information content (AvgIpc) is 2.66. The van der Waals surface area contributed by atoms with Crippen molar-refractivity contribution in [1.82, 2.24) is 0 Å². The van der Waals surface area contributed by atoms with E-state index >= 15 is 0 Å². The van der Waals surface area contributed by atoms with E-state index in [1.807, 2.05) is 0 Å². The van der Waals surface area contributed by atoms with Gasteiger partial charge < -0.3 is 24.1 Å². The lowest BCUT2D eigenvalue weighted by Gasteiger charge is -2.10. The minimum Gasteiger partial charge on any atom is -0.507 e. The molecule has 0 saturated heterocycles. The van der Waals surface area contributed by atoms with Gasteiger partial charge in [0.05, 0.1) is 28.4 Å². The molecule has 0 atom stereocenters. The Labute approximate surface area is 146 Å². The topological polar surface area (TPSA) is 74.2 Å². The van der Waals surface area contributed by atoms with E-state index in [2.05, 4.69) is 0 Å².